The van der Waals surface area contributed by atoms with Crippen molar-refractivity contribution >= 4 is 29.1 Å². The van der Waals surface area contributed by atoms with Crippen LogP contribution in [0.3, 0.4) is 0 Å². The van der Waals surface area contributed by atoms with Crippen molar-refractivity contribution in [2.45, 2.75) is 63.8 Å². The minimum atomic E-state index is 0.182. The number of aromatic nitrogens is 3. The maximum atomic E-state index is 12.8. The number of fused-ring (bicyclic) bond motifs is 1. The third-order valence-corrected chi connectivity index (χ3v) is 6.49. The number of carbonyl (C=O) groups excluding carboxylic acids is 1. The molecule has 0 aliphatic carbocycles. The summed E-state index contributed by atoms with van der Waals surface area (Å²) in [7, 11) is 0. The Balaban J connectivity index is 1.28. The first-order valence-corrected chi connectivity index (χ1v) is 11.6. The third kappa shape index (κ3) is 5.09. The predicted octanol–water partition coefficient (Wildman–Crippen LogP) is 4.88. The van der Waals surface area contributed by atoms with Crippen LogP contribution in [0, 0.1) is 0 Å². The van der Waals surface area contributed by atoms with Crippen LogP contribution in [-0.4, -0.2) is 45.3 Å². The first-order chi connectivity index (χ1) is 14.6. The summed E-state index contributed by atoms with van der Waals surface area (Å²) < 4.78 is 8.02. The van der Waals surface area contributed by atoms with Gasteiger partial charge in [-0.05, 0) is 50.3 Å². The van der Waals surface area contributed by atoms with Gasteiger partial charge < -0.3 is 14.2 Å². The van der Waals surface area contributed by atoms with Crippen LogP contribution in [0.2, 0.25) is 10.0 Å². The van der Waals surface area contributed by atoms with Crippen LogP contribution in [0.4, 0.5) is 0 Å². The van der Waals surface area contributed by atoms with Crippen LogP contribution < -0.4 is 4.74 Å². The molecule has 1 aromatic carbocycles. The average molecular weight is 451 g/mol. The topological polar surface area (TPSA) is 60.2 Å². The quantitative estimate of drug-likeness (QED) is 0.588. The van der Waals surface area contributed by atoms with E-state index in [0.717, 1.165) is 50.5 Å². The monoisotopic (exact) mass is 450 g/mol. The highest BCUT2D eigenvalue weighted by molar-refractivity contribution is 6.35. The number of rotatable bonds is 6. The fourth-order valence-corrected chi connectivity index (χ4v) is 4.84. The van der Waals surface area contributed by atoms with Gasteiger partial charge in [-0.15, -0.1) is 10.2 Å². The lowest BCUT2D eigenvalue weighted by atomic mass is 9.96. The van der Waals surface area contributed by atoms with Crippen molar-refractivity contribution in [3.8, 4) is 5.75 Å². The molecule has 0 N–H and O–H groups in total. The van der Waals surface area contributed by atoms with Crippen LogP contribution in [0.25, 0.3) is 0 Å². The van der Waals surface area contributed by atoms with Gasteiger partial charge in [0.1, 0.15) is 17.4 Å². The number of hydrogen-bond acceptors (Lipinski definition) is 4. The highest BCUT2D eigenvalue weighted by Crippen LogP contribution is 2.29. The number of aryl methyl sites for hydroxylation is 1. The molecule has 0 bridgehead atoms. The van der Waals surface area contributed by atoms with Crippen molar-refractivity contribution in [2.24, 2.45) is 0 Å². The Labute approximate surface area is 187 Å². The Morgan fingerprint density at radius 2 is 2.03 bits per heavy atom. The SMILES string of the molecule is O=C(CCCOc1ccc(Cl)cc1Cl)N1CCCC(c2nnc3n2CCCCC3)C1. The van der Waals surface area contributed by atoms with Crippen molar-refractivity contribution in [3.63, 3.8) is 0 Å². The van der Waals surface area contributed by atoms with Crippen molar-refractivity contribution in [2.75, 3.05) is 19.7 Å². The molecule has 162 valence electrons. The molecule has 3 heterocycles. The smallest absolute Gasteiger partial charge is 0.222 e. The fraction of sp³-hybridized carbons (Fsp3) is 0.591. The number of likely N-dealkylation sites (tertiary alicyclic amines) is 1. The minimum absolute atomic E-state index is 0.182. The fourth-order valence-electron chi connectivity index (χ4n) is 4.38. The summed E-state index contributed by atoms with van der Waals surface area (Å²) >= 11 is 12.0. The molecule has 1 amide bonds. The van der Waals surface area contributed by atoms with E-state index in [2.05, 4.69) is 14.8 Å². The van der Waals surface area contributed by atoms with E-state index in [1.165, 1.54) is 19.3 Å². The Hall–Kier alpha value is -1.79. The normalized spacial score (nSPS) is 19.3. The maximum absolute atomic E-state index is 12.8. The molecule has 8 heteroatoms. The second-order valence-electron chi connectivity index (χ2n) is 8.14. The van der Waals surface area contributed by atoms with E-state index in [9.17, 15) is 4.79 Å². The second kappa shape index (κ2) is 10.0. The first kappa shape index (κ1) is 21.4. The van der Waals surface area contributed by atoms with Gasteiger partial charge >= 0.3 is 0 Å². The molecule has 2 aromatic rings. The van der Waals surface area contributed by atoms with E-state index in [1.54, 1.807) is 18.2 Å². The molecule has 1 fully saturated rings. The molecule has 2 aliphatic rings. The van der Waals surface area contributed by atoms with E-state index in [0.29, 0.717) is 35.2 Å². The number of amides is 1. The Bertz CT molecular complexity index is 886. The average Bonchev–Trinajstić information content (AvgIpc) is 3.00. The minimum Gasteiger partial charge on any atom is -0.492 e. The summed E-state index contributed by atoms with van der Waals surface area (Å²) in [6.45, 7) is 3.01. The molecule has 0 spiro atoms. The molecule has 1 unspecified atom stereocenters. The predicted molar refractivity (Wildman–Crippen MR) is 117 cm³/mol. The zero-order chi connectivity index (χ0) is 20.9. The van der Waals surface area contributed by atoms with Crippen LogP contribution in [0.5, 0.6) is 5.75 Å². The van der Waals surface area contributed by atoms with Gasteiger partial charge in [0.2, 0.25) is 5.91 Å². The molecule has 0 saturated carbocycles. The molecular formula is C22H28Cl2N4O2. The van der Waals surface area contributed by atoms with Crippen molar-refractivity contribution in [1.82, 2.24) is 19.7 Å². The van der Waals surface area contributed by atoms with Crippen molar-refractivity contribution in [3.05, 3.63) is 39.9 Å². The zero-order valence-corrected chi connectivity index (χ0v) is 18.7. The highest BCUT2D eigenvalue weighted by atomic mass is 35.5. The maximum Gasteiger partial charge on any atom is 0.222 e. The molecule has 0 radical (unpaired) electrons. The lowest BCUT2D eigenvalue weighted by Gasteiger charge is -2.32. The number of nitrogens with zero attached hydrogens (tertiary/aromatic N) is 4. The van der Waals surface area contributed by atoms with Crippen LogP contribution in [-0.2, 0) is 17.8 Å². The molecule has 2 aliphatic heterocycles. The molecule has 1 aromatic heterocycles. The van der Waals surface area contributed by atoms with Crippen LogP contribution >= 0.6 is 23.2 Å². The van der Waals surface area contributed by atoms with Gasteiger partial charge in [-0.25, -0.2) is 0 Å². The standard InChI is InChI=1S/C22H28Cl2N4O2/c23-17-9-10-19(18(24)14-17)30-13-5-8-21(29)27-11-4-6-16(15-27)22-26-25-20-7-2-1-3-12-28(20)22/h9-10,14,16H,1-8,11-13,15H2. The second-order valence-corrected chi connectivity index (χ2v) is 8.99. The van der Waals surface area contributed by atoms with Gasteiger partial charge in [0.15, 0.2) is 0 Å². The summed E-state index contributed by atoms with van der Waals surface area (Å²) in [6.07, 6.45) is 7.84. The van der Waals surface area contributed by atoms with Gasteiger partial charge in [-0.2, -0.15) is 0 Å². The lowest BCUT2D eigenvalue weighted by molar-refractivity contribution is -0.132. The first-order valence-electron chi connectivity index (χ1n) is 10.9. The number of carbonyl (C=O) groups is 1. The van der Waals surface area contributed by atoms with E-state index < -0.39 is 0 Å². The number of piperidine rings is 1. The van der Waals surface area contributed by atoms with Gasteiger partial charge in [-0.3, -0.25) is 4.79 Å². The number of hydrogen-bond donors (Lipinski definition) is 0. The molecule has 30 heavy (non-hydrogen) atoms. The van der Waals surface area contributed by atoms with E-state index in [1.807, 2.05) is 4.90 Å². The molecule has 1 atom stereocenters. The van der Waals surface area contributed by atoms with Crippen LogP contribution in [0.1, 0.15) is 62.5 Å². The summed E-state index contributed by atoms with van der Waals surface area (Å²) in [6, 6.07) is 5.15. The largest absolute Gasteiger partial charge is 0.492 e. The Morgan fingerprint density at radius 3 is 2.90 bits per heavy atom. The Morgan fingerprint density at radius 1 is 1.13 bits per heavy atom. The van der Waals surface area contributed by atoms with Crippen molar-refractivity contribution < 1.29 is 9.53 Å². The summed E-state index contributed by atoms with van der Waals surface area (Å²) in [5.74, 6) is 3.25. The molecule has 6 nitrogen and oxygen atoms in total. The van der Waals surface area contributed by atoms with Crippen molar-refractivity contribution in [1.29, 1.82) is 0 Å². The van der Waals surface area contributed by atoms with Gasteiger partial charge in [0, 0.05) is 43.4 Å². The molecule has 4 rings (SSSR count). The summed E-state index contributed by atoms with van der Waals surface area (Å²) in [5.41, 5.74) is 0. The van der Waals surface area contributed by atoms with Gasteiger partial charge in [-0.1, -0.05) is 29.6 Å². The zero-order valence-electron chi connectivity index (χ0n) is 17.2. The van der Waals surface area contributed by atoms with E-state index in [-0.39, 0.29) is 11.8 Å². The number of ether oxygens (including phenoxy) is 1. The van der Waals surface area contributed by atoms with Gasteiger partial charge in [0.25, 0.3) is 0 Å². The highest BCUT2D eigenvalue weighted by Gasteiger charge is 2.29. The number of benzene rings is 1. The van der Waals surface area contributed by atoms with Gasteiger partial charge in [0.05, 0.1) is 11.6 Å². The van der Waals surface area contributed by atoms with E-state index in [4.69, 9.17) is 27.9 Å². The summed E-state index contributed by atoms with van der Waals surface area (Å²) in [5, 5.41) is 10.0. The lowest BCUT2D eigenvalue weighted by Crippen LogP contribution is -2.39. The van der Waals surface area contributed by atoms with Crippen LogP contribution in [0.15, 0.2) is 18.2 Å². The Kier molecular flexibility index (Phi) is 7.16. The van der Waals surface area contributed by atoms with E-state index >= 15 is 0 Å². The summed E-state index contributed by atoms with van der Waals surface area (Å²) in [4.78, 5) is 14.8. The number of halogens is 2. The molecular weight excluding hydrogens is 423 g/mol. The molecule has 1 saturated heterocycles. The third-order valence-electron chi connectivity index (χ3n) is 5.96.